The van der Waals surface area contributed by atoms with E-state index in [0.29, 0.717) is 11.4 Å². The Kier molecular flexibility index (Phi) is 3.19. The summed E-state index contributed by atoms with van der Waals surface area (Å²) in [6.07, 6.45) is 3.83. The highest BCUT2D eigenvalue weighted by Gasteiger charge is 2.30. The number of carbonyl (C=O) groups is 1. The van der Waals surface area contributed by atoms with E-state index in [1.807, 2.05) is 18.9 Å². The molecule has 1 aromatic rings. The molecular weight excluding hydrogens is 226 g/mol. The topological polar surface area (TPSA) is 38.1 Å². The summed E-state index contributed by atoms with van der Waals surface area (Å²) >= 11 is 5.86. The third kappa shape index (κ3) is 1.94. The van der Waals surface area contributed by atoms with Crippen molar-refractivity contribution in [2.75, 3.05) is 12.4 Å². The molecule has 0 N–H and O–H groups in total. The van der Waals surface area contributed by atoms with E-state index >= 15 is 0 Å². The van der Waals surface area contributed by atoms with Crippen LogP contribution in [-0.2, 0) is 7.05 Å². The highest BCUT2D eigenvalue weighted by atomic mass is 35.5. The molecule has 0 radical (unpaired) electrons. The molecule has 0 aromatic carbocycles. The van der Waals surface area contributed by atoms with Crippen molar-refractivity contribution in [1.82, 2.24) is 14.7 Å². The Morgan fingerprint density at radius 1 is 1.69 bits per heavy atom. The second-order valence-electron chi connectivity index (χ2n) is 4.25. The summed E-state index contributed by atoms with van der Waals surface area (Å²) in [5, 5.41) is 4.19. The van der Waals surface area contributed by atoms with Gasteiger partial charge in [-0.3, -0.25) is 9.48 Å². The molecular formula is C11H16ClN3O. The lowest BCUT2D eigenvalue weighted by Crippen LogP contribution is -2.36. The normalized spacial score (nSPS) is 20.4. The summed E-state index contributed by atoms with van der Waals surface area (Å²) in [6.45, 7) is 2.67. The minimum Gasteiger partial charge on any atom is -0.334 e. The highest BCUT2D eigenvalue weighted by molar-refractivity contribution is 6.18. The molecule has 0 saturated carbocycles. The number of hydrogen-bond donors (Lipinski definition) is 0. The zero-order chi connectivity index (χ0) is 11.7. The smallest absolute Gasteiger partial charge is 0.257 e. The molecule has 88 valence electrons. The van der Waals surface area contributed by atoms with E-state index in [9.17, 15) is 4.79 Å². The van der Waals surface area contributed by atoms with Gasteiger partial charge in [0, 0.05) is 31.7 Å². The fraction of sp³-hybridized carbons (Fsp3) is 0.636. The summed E-state index contributed by atoms with van der Waals surface area (Å²) in [6, 6.07) is 0.189. The lowest BCUT2D eigenvalue weighted by Gasteiger charge is -2.22. The predicted molar refractivity (Wildman–Crippen MR) is 62.7 cm³/mol. The Balaban J connectivity index is 2.21. The minimum atomic E-state index is 0.0637. The van der Waals surface area contributed by atoms with Gasteiger partial charge in [-0.1, -0.05) is 0 Å². The van der Waals surface area contributed by atoms with Gasteiger partial charge >= 0.3 is 0 Å². The van der Waals surface area contributed by atoms with Crippen molar-refractivity contribution in [2.24, 2.45) is 7.05 Å². The molecule has 1 saturated heterocycles. The lowest BCUT2D eigenvalue weighted by atomic mass is 10.2. The fourth-order valence-electron chi connectivity index (χ4n) is 2.23. The number of alkyl halides is 1. The number of hydrogen-bond acceptors (Lipinski definition) is 2. The molecule has 1 unspecified atom stereocenters. The first-order valence-corrected chi connectivity index (χ1v) is 6.04. The van der Waals surface area contributed by atoms with Crippen molar-refractivity contribution >= 4 is 17.5 Å². The van der Waals surface area contributed by atoms with E-state index in [1.165, 1.54) is 0 Å². The molecule has 2 rings (SSSR count). The molecule has 2 heterocycles. The van der Waals surface area contributed by atoms with Crippen molar-refractivity contribution < 1.29 is 4.79 Å². The second-order valence-corrected chi connectivity index (χ2v) is 4.56. The fourth-order valence-corrected chi connectivity index (χ4v) is 2.55. The molecule has 1 aromatic heterocycles. The number of aryl methyl sites for hydroxylation is 2. The summed E-state index contributed by atoms with van der Waals surface area (Å²) in [7, 11) is 1.83. The first-order valence-electron chi connectivity index (χ1n) is 5.50. The van der Waals surface area contributed by atoms with Crippen LogP contribution in [0.15, 0.2) is 6.20 Å². The average molecular weight is 242 g/mol. The number of rotatable bonds is 2. The van der Waals surface area contributed by atoms with Crippen LogP contribution in [0.4, 0.5) is 0 Å². The van der Waals surface area contributed by atoms with Gasteiger partial charge in [0.2, 0.25) is 0 Å². The second kappa shape index (κ2) is 4.45. The molecule has 1 aliphatic rings. The monoisotopic (exact) mass is 241 g/mol. The Hall–Kier alpha value is -1.03. The third-order valence-corrected chi connectivity index (χ3v) is 3.42. The summed E-state index contributed by atoms with van der Waals surface area (Å²) < 4.78 is 1.67. The Morgan fingerprint density at radius 3 is 3.00 bits per heavy atom. The standard InChI is InChI=1S/C11H16ClN3O/c1-8-10(7-14(2)13-8)11(16)15-5-3-4-9(15)6-12/h7,9H,3-6H2,1-2H3. The zero-order valence-corrected chi connectivity index (χ0v) is 10.4. The number of likely N-dealkylation sites (tertiary alicyclic amines) is 1. The predicted octanol–water partition coefficient (Wildman–Crippen LogP) is 1.57. The van der Waals surface area contributed by atoms with Crippen molar-refractivity contribution in [2.45, 2.75) is 25.8 Å². The van der Waals surface area contributed by atoms with E-state index < -0.39 is 0 Å². The molecule has 16 heavy (non-hydrogen) atoms. The van der Waals surface area contributed by atoms with Gasteiger partial charge in [-0.15, -0.1) is 11.6 Å². The van der Waals surface area contributed by atoms with Crippen LogP contribution in [-0.4, -0.2) is 39.1 Å². The van der Waals surface area contributed by atoms with Gasteiger partial charge in [0.05, 0.1) is 11.3 Å². The van der Waals surface area contributed by atoms with Crippen LogP contribution in [0.3, 0.4) is 0 Å². The van der Waals surface area contributed by atoms with Crippen LogP contribution in [0.5, 0.6) is 0 Å². The van der Waals surface area contributed by atoms with Crippen molar-refractivity contribution in [3.63, 3.8) is 0 Å². The summed E-state index contributed by atoms with van der Waals surface area (Å²) in [4.78, 5) is 14.1. The van der Waals surface area contributed by atoms with Crippen molar-refractivity contribution in [3.8, 4) is 0 Å². The van der Waals surface area contributed by atoms with Crippen LogP contribution < -0.4 is 0 Å². The highest BCUT2D eigenvalue weighted by Crippen LogP contribution is 2.21. The minimum absolute atomic E-state index is 0.0637. The van der Waals surface area contributed by atoms with Gasteiger partial charge in [0.25, 0.3) is 5.91 Å². The van der Waals surface area contributed by atoms with Gasteiger partial charge in [-0.05, 0) is 19.8 Å². The van der Waals surface area contributed by atoms with E-state index in [1.54, 1.807) is 10.9 Å². The maximum atomic E-state index is 12.3. The van der Waals surface area contributed by atoms with Crippen LogP contribution in [0.1, 0.15) is 28.9 Å². The van der Waals surface area contributed by atoms with Gasteiger partial charge in [0.1, 0.15) is 0 Å². The molecule has 1 atom stereocenters. The maximum Gasteiger partial charge on any atom is 0.257 e. The van der Waals surface area contributed by atoms with Gasteiger partial charge in [-0.25, -0.2) is 0 Å². The van der Waals surface area contributed by atoms with E-state index in [-0.39, 0.29) is 11.9 Å². The number of aromatic nitrogens is 2. The van der Waals surface area contributed by atoms with Crippen molar-refractivity contribution in [1.29, 1.82) is 0 Å². The van der Waals surface area contributed by atoms with Gasteiger partial charge < -0.3 is 4.90 Å². The Bertz CT molecular complexity index is 402. The molecule has 1 aliphatic heterocycles. The number of carbonyl (C=O) groups excluding carboxylic acids is 1. The van der Waals surface area contributed by atoms with E-state index in [2.05, 4.69) is 5.10 Å². The molecule has 0 aliphatic carbocycles. The Morgan fingerprint density at radius 2 is 2.44 bits per heavy atom. The summed E-state index contributed by atoms with van der Waals surface area (Å²) in [5.41, 5.74) is 1.48. The molecule has 0 bridgehead atoms. The van der Waals surface area contributed by atoms with Crippen LogP contribution >= 0.6 is 11.6 Å². The average Bonchev–Trinajstić information content (AvgIpc) is 2.83. The number of halogens is 1. The molecule has 1 amide bonds. The first kappa shape index (κ1) is 11.5. The lowest BCUT2D eigenvalue weighted by molar-refractivity contribution is 0.0748. The number of nitrogens with zero attached hydrogens (tertiary/aromatic N) is 3. The summed E-state index contributed by atoms with van der Waals surface area (Å²) in [5.74, 6) is 0.583. The maximum absolute atomic E-state index is 12.3. The van der Waals surface area contributed by atoms with Crippen molar-refractivity contribution in [3.05, 3.63) is 17.5 Å². The SMILES string of the molecule is Cc1nn(C)cc1C(=O)N1CCCC1CCl. The molecule has 1 fully saturated rings. The van der Waals surface area contributed by atoms with E-state index in [0.717, 1.165) is 25.1 Å². The largest absolute Gasteiger partial charge is 0.334 e. The third-order valence-electron chi connectivity index (χ3n) is 3.06. The van der Waals surface area contributed by atoms with E-state index in [4.69, 9.17) is 11.6 Å². The van der Waals surface area contributed by atoms with Gasteiger partial charge in [0.15, 0.2) is 0 Å². The van der Waals surface area contributed by atoms with Crippen LogP contribution in [0.2, 0.25) is 0 Å². The molecule has 4 nitrogen and oxygen atoms in total. The quantitative estimate of drug-likeness (QED) is 0.738. The molecule has 0 spiro atoms. The Labute approximate surface area is 100 Å². The zero-order valence-electron chi connectivity index (χ0n) is 9.61. The first-order chi connectivity index (χ1) is 7.63. The van der Waals surface area contributed by atoms with Crippen LogP contribution in [0.25, 0.3) is 0 Å². The molecule has 5 heteroatoms. The van der Waals surface area contributed by atoms with Crippen LogP contribution in [0, 0.1) is 6.92 Å². The van der Waals surface area contributed by atoms with Gasteiger partial charge in [-0.2, -0.15) is 5.10 Å². The number of amides is 1.